The molecular weight excluding hydrogens is 222 g/mol. The van der Waals surface area contributed by atoms with Crippen LogP contribution < -0.4 is 5.73 Å². The second kappa shape index (κ2) is 3.48. The first-order valence-corrected chi connectivity index (χ1v) is 6.26. The highest BCUT2D eigenvalue weighted by molar-refractivity contribution is 7.16. The average Bonchev–Trinajstić information content (AvgIpc) is 2.83. The summed E-state index contributed by atoms with van der Waals surface area (Å²) >= 11 is 1.59. The van der Waals surface area contributed by atoms with E-state index in [1.54, 1.807) is 17.7 Å². The van der Waals surface area contributed by atoms with E-state index in [0.29, 0.717) is 6.42 Å². The molecule has 2 heterocycles. The first kappa shape index (κ1) is 10.1. The van der Waals surface area contributed by atoms with Gasteiger partial charge in [0.15, 0.2) is 0 Å². The lowest BCUT2D eigenvalue weighted by Crippen LogP contribution is -2.42. The quantitative estimate of drug-likeness (QED) is 0.736. The van der Waals surface area contributed by atoms with E-state index in [1.165, 1.54) is 0 Å². The van der Waals surface area contributed by atoms with Crippen molar-refractivity contribution >= 4 is 21.6 Å². The van der Waals surface area contributed by atoms with Crippen molar-refractivity contribution in [2.24, 2.45) is 5.73 Å². The fourth-order valence-electron chi connectivity index (χ4n) is 2.47. The van der Waals surface area contributed by atoms with E-state index in [-0.39, 0.29) is 5.92 Å². The molecule has 1 fully saturated rings. The molecule has 1 aliphatic rings. The third-order valence-electron chi connectivity index (χ3n) is 3.30. The Bertz CT molecular complexity index is 523. The van der Waals surface area contributed by atoms with Gasteiger partial charge in [-0.1, -0.05) is 0 Å². The van der Waals surface area contributed by atoms with E-state index in [9.17, 15) is 5.11 Å². The molecule has 0 spiro atoms. The third kappa shape index (κ3) is 1.43. The van der Waals surface area contributed by atoms with Gasteiger partial charge in [-0.2, -0.15) is 0 Å². The van der Waals surface area contributed by atoms with Gasteiger partial charge in [0.05, 0.1) is 5.69 Å². The van der Waals surface area contributed by atoms with Crippen molar-refractivity contribution < 1.29 is 5.11 Å². The normalized spacial score (nSPS) is 30.0. The minimum Gasteiger partial charge on any atom is -0.375 e. The molecule has 4 nitrogen and oxygen atoms in total. The molecule has 3 rings (SSSR count). The van der Waals surface area contributed by atoms with Gasteiger partial charge < -0.3 is 10.8 Å². The molecular formula is C11H13N3OS. The van der Waals surface area contributed by atoms with Gasteiger partial charge in [-0.15, -0.1) is 11.3 Å². The summed E-state index contributed by atoms with van der Waals surface area (Å²) < 4.78 is 0. The van der Waals surface area contributed by atoms with Crippen molar-refractivity contribution in [1.29, 1.82) is 0 Å². The van der Waals surface area contributed by atoms with Crippen molar-refractivity contribution in [3.63, 3.8) is 0 Å². The second-order valence-electron chi connectivity index (χ2n) is 4.33. The van der Waals surface area contributed by atoms with Gasteiger partial charge in [-0.25, -0.2) is 9.97 Å². The number of hydrogen-bond acceptors (Lipinski definition) is 5. The zero-order valence-corrected chi connectivity index (χ0v) is 9.57. The second-order valence-corrected chi connectivity index (χ2v) is 5.23. The number of fused-ring (bicyclic) bond motifs is 1. The maximum absolute atomic E-state index is 10.1. The maximum Gasteiger partial charge on any atom is 0.126 e. The van der Waals surface area contributed by atoms with E-state index in [1.807, 2.05) is 11.4 Å². The van der Waals surface area contributed by atoms with Crippen molar-refractivity contribution in [3.8, 4) is 0 Å². The zero-order valence-electron chi connectivity index (χ0n) is 8.76. The summed E-state index contributed by atoms with van der Waals surface area (Å²) in [7, 11) is 0. The molecule has 0 amide bonds. The fourth-order valence-corrected chi connectivity index (χ4v) is 3.21. The number of nitrogens with zero attached hydrogens (tertiary/aromatic N) is 2. The highest BCUT2D eigenvalue weighted by Gasteiger charge is 2.40. The zero-order chi connectivity index (χ0) is 11.2. The Balaban J connectivity index is 2.15. The van der Waals surface area contributed by atoms with Crippen LogP contribution in [0.4, 0.5) is 0 Å². The van der Waals surface area contributed by atoms with Crippen LogP contribution in [0.1, 0.15) is 30.9 Å². The van der Waals surface area contributed by atoms with Gasteiger partial charge in [0.2, 0.25) is 0 Å². The number of aromatic nitrogens is 2. The van der Waals surface area contributed by atoms with E-state index in [2.05, 4.69) is 9.97 Å². The van der Waals surface area contributed by atoms with Crippen LogP contribution in [0.2, 0.25) is 0 Å². The van der Waals surface area contributed by atoms with Gasteiger partial charge in [0.1, 0.15) is 16.9 Å². The van der Waals surface area contributed by atoms with Crippen LogP contribution in [0.5, 0.6) is 0 Å². The summed E-state index contributed by atoms with van der Waals surface area (Å²) in [6, 6.07) is 2.00. The fraction of sp³-hybridized carbons (Fsp3) is 0.455. The average molecular weight is 235 g/mol. The van der Waals surface area contributed by atoms with Crippen LogP contribution in [0.15, 0.2) is 17.8 Å². The summed E-state index contributed by atoms with van der Waals surface area (Å²) in [5.74, 6) is -0.0624. The highest BCUT2D eigenvalue weighted by Crippen LogP contribution is 2.41. The minimum absolute atomic E-state index is 0.0624. The molecule has 1 aliphatic carbocycles. The van der Waals surface area contributed by atoms with Crippen molar-refractivity contribution in [2.45, 2.75) is 30.9 Å². The third-order valence-corrected chi connectivity index (χ3v) is 4.12. The molecule has 2 aromatic heterocycles. The molecule has 16 heavy (non-hydrogen) atoms. The van der Waals surface area contributed by atoms with E-state index < -0.39 is 5.72 Å². The van der Waals surface area contributed by atoms with Crippen molar-refractivity contribution in [1.82, 2.24) is 9.97 Å². The van der Waals surface area contributed by atoms with Gasteiger partial charge >= 0.3 is 0 Å². The number of hydrogen-bond donors (Lipinski definition) is 2. The maximum atomic E-state index is 10.1. The predicted molar refractivity (Wildman–Crippen MR) is 63.1 cm³/mol. The Morgan fingerprint density at radius 2 is 2.38 bits per heavy atom. The topological polar surface area (TPSA) is 72.0 Å². The first-order chi connectivity index (χ1) is 7.68. The molecule has 0 bridgehead atoms. The van der Waals surface area contributed by atoms with Crippen LogP contribution >= 0.6 is 11.3 Å². The Morgan fingerprint density at radius 1 is 1.50 bits per heavy atom. The molecule has 84 valence electrons. The van der Waals surface area contributed by atoms with Crippen LogP contribution in [-0.4, -0.2) is 20.8 Å². The Hall–Kier alpha value is -1.04. The molecule has 2 aromatic rings. The number of thiophene rings is 1. The molecule has 1 saturated carbocycles. The van der Waals surface area contributed by atoms with E-state index >= 15 is 0 Å². The van der Waals surface area contributed by atoms with Crippen LogP contribution in [-0.2, 0) is 0 Å². The number of nitrogens with two attached hydrogens (primary N) is 1. The van der Waals surface area contributed by atoms with Gasteiger partial charge in [-0.05, 0) is 30.7 Å². The summed E-state index contributed by atoms with van der Waals surface area (Å²) in [6.45, 7) is 0. The molecule has 5 heteroatoms. The van der Waals surface area contributed by atoms with Crippen LogP contribution in [0.25, 0.3) is 10.2 Å². The summed E-state index contributed by atoms with van der Waals surface area (Å²) in [5, 5.41) is 13.1. The molecule has 0 saturated heterocycles. The lowest BCUT2D eigenvalue weighted by Gasteiger charge is -2.25. The minimum atomic E-state index is -1.11. The SMILES string of the molecule is NC1(O)CCCC1c1ncnc2sccc12. The van der Waals surface area contributed by atoms with Crippen molar-refractivity contribution in [3.05, 3.63) is 23.5 Å². The van der Waals surface area contributed by atoms with Crippen molar-refractivity contribution in [2.75, 3.05) is 0 Å². The van der Waals surface area contributed by atoms with E-state index in [4.69, 9.17) is 5.73 Å². The van der Waals surface area contributed by atoms with E-state index in [0.717, 1.165) is 28.8 Å². The van der Waals surface area contributed by atoms with Crippen LogP contribution in [0, 0.1) is 0 Å². The lowest BCUT2D eigenvalue weighted by atomic mass is 9.94. The molecule has 3 N–H and O–H groups in total. The summed E-state index contributed by atoms with van der Waals surface area (Å²) in [6.07, 6.45) is 4.05. The molecule has 2 atom stereocenters. The first-order valence-electron chi connectivity index (χ1n) is 5.38. The van der Waals surface area contributed by atoms with Gasteiger partial charge in [0, 0.05) is 11.3 Å². The smallest absolute Gasteiger partial charge is 0.126 e. The molecule has 2 unspecified atom stereocenters. The Kier molecular flexibility index (Phi) is 2.20. The molecule has 0 aromatic carbocycles. The molecule has 0 radical (unpaired) electrons. The summed E-state index contributed by atoms with van der Waals surface area (Å²) in [5.41, 5.74) is 5.70. The standard InChI is InChI=1S/C11H13N3OS/c12-11(15)4-1-2-8(11)9-7-3-5-16-10(7)14-6-13-9/h3,5-6,8,15H,1-2,4,12H2. The lowest BCUT2D eigenvalue weighted by molar-refractivity contribution is 0.0359. The summed E-state index contributed by atoms with van der Waals surface area (Å²) in [4.78, 5) is 9.48. The van der Waals surface area contributed by atoms with Gasteiger partial charge in [-0.3, -0.25) is 0 Å². The van der Waals surface area contributed by atoms with Crippen LogP contribution in [0.3, 0.4) is 0 Å². The largest absolute Gasteiger partial charge is 0.375 e. The molecule has 0 aliphatic heterocycles. The Labute approximate surface area is 97.1 Å². The monoisotopic (exact) mass is 235 g/mol. The van der Waals surface area contributed by atoms with Gasteiger partial charge in [0.25, 0.3) is 0 Å². The number of rotatable bonds is 1. The predicted octanol–water partition coefficient (Wildman–Crippen LogP) is 1.61. The highest BCUT2D eigenvalue weighted by atomic mass is 32.1. The number of aliphatic hydroxyl groups is 1. The Morgan fingerprint density at radius 3 is 3.12 bits per heavy atom.